The van der Waals surface area contributed by atoms with Gasteiger partial charge in [-0.1, -0.05) is 0 Å². The third-order valence-corrected chi connectivity index (χ3v) is 3.46. The lowest BCUT2D eigenvalue weighted by molar-refractivity contribution is 0.0960. The van der Waals surface area contributed by atoms with Gasteiger partial charge in [-0.2, -0.15) is 0 Å². The van der Waals surface area contributed by atoms with Crippen LogP contribution in [0.4, 0.5) is 0 Å². The molecule has 1 saturated heterocycles. The molecule has 0 aromatic heterocycles. The molecule has 1 atom stereocenters. The summed E-state index contributed by atoms with van der Waals surface area (Å²) in [6, 6.07) is 0. The Hall–Kier alpha value is -0.160. The van der Waals surface area contributed by atoms with Crippen LogP contribution in [0.1, 0.15) is 27.2 Å². The number of methoxy groups -OCH3 is 1. The second kappa shape index (κ2) is 6.85. The summed E-state index contributed by atoms with van der Waals surface area (Å²) in [6.45, 7) is 12.3. The van der Waals surface area contributed by atoms with Crippen LogP contribution >= 0.6 is 0 Å². The van der Waals surface area contributed by atoms with Gasteiger partial charge in [-0.15, -0.1) is 0 Å². The fourth-order valence-corrected chi connectivity index (χ4v) is 2.32. The third-order valence-electron chi connectivity index (χ3n) is 3.46. The number of hydrogen-bond acceptors (Lipinski definition) is 4. The molecule has 0 aromatic rings. The molecule has 1 aliphatic rings. The summed E-state index contributed by atoms with van der Waals surface area (Å²) in [5.74, 6) is 0. The van der Waals surface area contributed by atoms with E-state index in [0.717, 1.165) is 45.9 Å². The lowest BCUT2D eigenvalue weighted by atomic mass is 9.85. The SMILES string of the molecule is COCCN(C)CC1(CNC(C)(C)C)CCOC1. The Labute approximate surface area is 112 Å². The molecule has 1 aliphatic heterocycles. The van der Waals surface area contributed by atoms with Crippen molar-refractivity contribution in [2.24, 2.45) is 5.41 Å². The average Bonchev–Trinajstić information content (AvgIpc) is 2.72. The first-order valence-corrected chi connectivity index (χ1v) is 6.87. The molecule has 1 rings (SSSR count). The highest BCUT2D eigenvalue weighted by Gasteiger charge is 2.36. The lowest BCUT2D eigenvalue weighted by Crippen LogP contribution is -2.49. The van der Waals surface area contributed by atoms with Gasteiger partial charge in [-0.25, -0.2) is 0 Å². The molecule has 1 unspecified atom stereocenters. The number of rotatable bonds is 7. The Morgan fingerprint density at radius 3 is 2.61 bits per heavy atom. The van der Waals surface area contributed by atoms with Crippen LogP contribution in [0.3, 0.4) is 0 Å². The second-order valence-corrected chi connectivity index (χ2v) is 6.64. The van der Waals surface area contributed by atoms with Crippen molar-refractivity contribution >= 4 is 0 Å². The maximum Gasteiger partial charge on any atom is 0.0589 e. The van der Waals surface area contributed by atoms with Crippen molar-refractivity contribution in [3.05, 3.63) is 0 Å². The molecule has 0 amide bonds. The monoisotopic (exact) mass is 258 g/mol. The van der Waals surface area contributed by atoms with Crippen LogP contribution in [0, 0.1) is 5.41 Å². The Morgan fingerprint density at radius 2 is 2.11 bits per heavy atom. The van der Waals surface area contributed by atoms with Gasteiger partial charge in [0.05, 0.1) is 13.2 Å². The van der Waals surface area contributed by atoms with Crippen molar-refractivity contribution in [2.75, 3.05) is 53.6 Å². The third kappa shape index (κ3) is 5.65. The number of ether oxygens (including phenoxy) is 2. The predicted octanol–water partition coefficient (Wildman–Crippen LogP) is 1.36. The first-order valence-electron chi connectivity index (χ1n) is 6.87. The van der Waals surface area contributed by atoms with E-state index in [1.165, 1.54) is 0 Å². The minimum atomic E-state index is 0.167. The molecule has 1 heterocycles. The van der Waals surface area contributed by atoms with E-state index < -0.39 is 0 Å². The van der Waals surface area contributed by atoms with Gasteiger partial charge in [-0.05, 0) is 34.2 Å². The van der Waals surface area contributed by atoms with Crippen LogP contribution in [-0.2, 0) is 9.47 Å². The highest BCUT2D eigenvalue weighted by molar-refractivity contribution is 4.90. The lowest BCUT2D eigenvalue weighted by Gasteiger charge is -2.35. The highest BCUT2D eigenvalue weighted by atomic mass is 16.5. The molecule has 1 N–H and O–H groups in total. The number of nitrogens with zero attached hydrogens (tertiary/aromatic N) is 1. The maximum atomic E-state index is 5.63. The van der Waals surface area contributed by atoms with Crippen LogP contribution in [-0.4, -0.2) is 64.1 Å². The van der Waals surface area contributed by atoms with E-state index in [2.05, 4.69) is 38.0 Å². The summed E-state index contributed by atoms with van der Waals surface area (Å²) in [5.41, 5.74) is 0.427. The molecule has 0 aliphatic carbocycles. The Bertz CT molecular complexity index is 232. The normalized spacial score (nSPS) is 25.0. The highest BCUT2D eigenvalue weighted by Crippen LogP contribution is 2.29. The van der Waals surface area contributed by atoms with Crippen molar-refractivity contribution in [3.63, 3.8) is 0 Å². The predicted molar refractivity (Wildman–Crippen MR) is 75.0 cm³/mol. The first kappa shape index (κ1) is 15.9. The minimum absolute atomic E-state index is 0.167. The molecule has 0 radical (unpaired) electrons. The second-order valence-electron chi connectivity index (χ2n) is 6.64. The molecule has 1 fully saturated rings. The van der Waals surface area contributed by atoms with E-state index in [-0.39, 0.29) is 11.0 Å². The molecule has 0 saturated carbocycles. The average molecular weight is 258 g/mol. The van der Waals surface area contributed by atoms with Gasteiger partial charge in [-0.3, -0.25) is 0 Å². The Morgan fingerprint density at radius 1 is 1.39 bits per heavy atom. The molecule has 108 valence electrons. The largest absolute Gasteiger partial charge is 0.383 e. The van der Waals surface area contributed by atoms with Gasteiger partial charge < -0.3 is 19.7 Å². The van der Waals surface area contributed by atoms with Crippen LogP contribution in [0.15, 0.2) is 0 Å². The molecule has 0 bridgehead atoms. The van der Waals surface area contributed by atoms with Crippen LogP contribution in [0.5, 0.6) is 0 Å². The molecule has 18 heavy (non-hydrogen) atoms. The zero-order valence-corrected chi connectivity index (χ0v) is 12.7. The van der Waals surface area contributed by atoms with E-state index >= 15 is 0 Å². The van der Waals surface area contributed by atoms with E-state index in [1.54, 1.807) is 7.11 Å². The first-order chi connectivity index (χ1) is 8.37. The van der Waals surface area contributed by atoms with Gasteiger partial charge in [0.25, 0.3) is 0 Å². The number of likely N-dealkylation sites (N-methyl/N-ethyl adjacent to an activating group) is 1. The van der Waals surface area contributed by atoms with Gasteiger partial charge >= 0.3 is 0 Å². The van der Waals surface area contributed by atoms with Crippen LogP contribution < -0.4 is 5.32 Å². The van der Waals surface area contributed by atoms with Gasteiger partial charge in [0.1, 0.15) is 0 Å². The molecule has 0 aromatic carbocycles. The van der Waals surface area contributed by atoms with Crippen LogP contribution in [0.25, 0.3) is 0 Å². The molecule has 0 spiro atoms. The van der Waals surface area contributed by atoms with Gasteiger partial charge in [0.2, 0.25) is 0 Å². The van der Waals surface area contributed by atoms with E-state index in [4.69, 9.17) is 9.47 Å². The van der Waals surface area contributed by atoms with E-state index in [1.807, 2.05) is 0 Å². The van der Waals surface area contributed by atoms with Gasteiger partial charge in [0, 0.05) is 44.3 Å². The smallest absolute Gasteiger partial charge is 0.0589 e. The van der Waals surface area contributed by atoms with Crippen molar-refractivity contribution in [2.45, 2.75) is 32.7 Å². The summed E-state index contributed by atoms with van der Waals surface area (Å²) in [5, 5.41) is 3.63. The zero-order chi connectivity index (χ0) is 13.6. The Kier molecular flexibility index (Phi) is 6.05. The van der Waals surface area contributed by atoms with E-state index in [9.17, 15) is 0 Å². The summed E-state index contributed by atoms with van der Waals surface area (Å²) >= 11 is 0. The fourth-order valence-electron chi connectivity index (χ4n) is 2.32. The van der Waals surface area contributed by atoms with Crippen molar-refractivity contribution in [1.82, 2.24) is 10.2 Å². The number of nitrogens with one attached hydrogen (secondary N) is 1. The molecule has 4 nitrogen and oxygen atoms in total. The minimum Gasteiger partial charge on any atom is -0.383 e. The Balaban J connectivity index is 2.47. The maximum absolute atomic E-state index is 5.63. The van der Waals surface area contributed by atoms with Crippen molar-refractivity contribution in [3.8, 4) is 0 Å². The van der Waals surface area contributed by atoms with Crippen molar-refractivity contribution in [1.29, 1.82) is 0 Å². The zero-order valence-electron chi connectivity index (χ0n) is 12.7. The van der Waals surface area contributed by atoms with E-state index in [0.29, 0.717) is 0 Å². The molecular formula is C14H30N2O2. The standard InChI is InChI=1S/C14H30N2O2/c1-13(2,3)15-10-14(6-8-18-12-14)11-16(4)7-9-17-5/h15H,6-12H2,1-5H3. The van der Waals surface area contributed by atoms with Crippen molar-refractivity contribution < 1.29 is 9.47 Å². The summed E-state index contributed by atoms with van der Waals surface area (Å²) in [4.78, 5) is 2.35. The van der Waals surface area contributed by atoms with Crippen LogP contribution in [0.2, 0.25) is 0 Å². The topological polar surface area (TPSA) is 33.7 Å². The quantitative estimate of drug-likeness (QED) is 0.747. The summed E-state index contributed by atoms with van der Waals surface area (Å²) in [6.07, 6.45) is 1.15. The molecular weight excluding hydrogens is 228 g/mol. The number of hydrogen-bond donors (Lipinski definition) is 1. The fraction of sp³-hybridized carbons (Fsp3) is 1.00. The molecule has 4 heteroatoms. The van der Waals surface area contributed by atoms with Gasteiger partial charge in [0.15, 0.2) is 0 Å². The summed E-state index contributed by atoms with van der Waals surface area (Å²) in [7, 11) is 3.92. The summed E-state index contributed by atoms with van der Waals surface area (Å²) < 4.78 is 10.8.